The average molecular weight is 507 g/mol. The number of aromatic nitrogens is 3. The van der Waals surface area contributed by atoms with Crippen LogP contribution in [0.15, 0.2) is 85.1 Å². The predicted octanol–water partition coefficient (Wildman–Crippen LogP) is 5.83. The molecule has 38 heavy (non-hydrogen) atoms. The van der Waals surface area contributed by atoms with Gasteiger partial charge in [0.15, 0.2) is 5.82 Å². The van der Waals surface area contributed by atoms with E-state index in [0.717, 1.165) is 11.3 Å². The number of ether oxygens (including phenoxy) is 2. The van der Waals surface area contributed by atoms with Crippen molar-refractivity contribution >= 4 is 28.6 Å². The highest BCUT2D eigenvalue weighted by molar-refractivity contribution is 6.15. The largest absolute Gasteiger partial charge is 0.497 e. The normalized spacial score (nSPS) is 10.8. The van der Waals surface area contributed by atoms with E-state index >= 15 is 0 Å². The summed E-state index contributed by atoms with van der Waals surface area (Å²) < 4.78 is 12.0. The first-order valence-corrected chi connectivity index (χ1v) is 12.2. The lowest BCUT2D eigenvalue weighted by atomic mass is 9.97. The lowest BCUT2D eigenvalue weighted by Crippen LogP contribution is -2.20. The summed E-state index contributed by atoms with van der Waals surface area (Å²) in [7, 11) is 1.61. The summed E-state index contributed by atoms with van der Waals surface area (Å²) in [6.07, 6.45) is 1.40. The lowest BCUT2D eigenvalue weighted by Gasteiger charge is -2.16. The molecule has 1 amide bonds. The van der Waals surface area contributed by atoms with E-state index in [1.807, 2.05) is 85.8 Å². The summed E-state index contributed by atoms with van der Waals surface area (Å²) in [5.41, 5.74) is 4.22. The molecule has 0 saturated heterocycles. The number of methoxy groups -OCH3 is 1. The van der Waals surface area contributed by atoms with Crippen LogP contribution in [0.4, 0.5) is 5.82 Å². The molecule has 190 valence electrons. The Bertz CT molecular complexity index is 1630. The average Bonchev–Trinajstić information content (AvgIpc) is 3.36. The highest BCUT2D eigenvalue weighted by Crippen LogP contribution is 2.32. The van der Waals surface area contributed by atoms with Gasteiger partial charge in [0.2, 0.25) is 0 Å². The van der Waals surface area contributed by atoms with E-state index in [0.29, 0.717) is 33.4 Å². The van der Waals surface area contributed by atoms with Gasteiger partial charge in [-0.25, -0.2) is 14.5 Å². The Hall–Kier alpha value is -4.98. The second-order valence-corrected chi connectivity index (χ2v) is 8.53. The molecule has 3 aromatic carbocycles. The SMILES string of the molecule is CCOC(=O)c1cnn(-c2ccccc2)c1NC(=O)c1c(C)c(-c2ccc(OC)cc2)nc2ccccc12. The maximum atomic E-state index is 14.0. The first-order chi connectivity index (χ1) is 18.5. The molecule has 0 aliphatic rings. The topological polar surface area (TPSA) is 95.3 Å². The number of nitrogens with one attached hydrogen (secondary N) is 1. The van der Waals surface area contributed by atoms with Gasteiger partial charge in [0.1, 0.15) is 11.3 Å². The van der Waals surface area contributed by atoms with Gasteiger partial charge in [-0.15, -0.1) is 0 Å². The molecule has 8 nitrogen and oxygen atoms in total. The second-order valence-electron chi connectivity index (χ2n) is 8.53. The van der Waals surface area contributed by atoms with Crippen LogP contribution >= 0.6 is 0 Å². The van der Waals surface area contributed by atoms with Crippen LogP contribution in [0.25, 0.3) is 27.8 Å². The molecule has 8 heteroatoms. The Morgan fingerprint density at radius 3 is 2.37 bits per heavy atom. The minimum Gasteiger partial charge on any atom is -0.497 e. The third kappa shape index (κ3) is 4.59. The van der Waals surface area contributed by atoms with Crippen LogP contribution in [0, 0.1) is 6.92 Å². The van der Waals surface area contributed by atoms with Crippen molar-refractivity contribution in [2.75, 3.05) is 19.0 Å². The van der Waals surface area contributed by atoms with Crippen LogP contribution in [-0.2, 0) is 4.74 Å². The fraction of sp³-hybridized carbons (Fsp3) is 0.133. The zero-order chi connectivity index (χ0) is 26.6. The Morgan fingerprint density at radius 1 is 0.947 bits per heavy atom. The number of hydrogen-bond acceptors (Lipinski definition) is 6. The van der Waals surface area contributed by atoms with Crippen molar-refractivity contribution in [3.05, 3.63) is 102 Å². The van der Waals surface area contributed by atoms with E-state index in [1.54, 1.807) is 14.0 Å². The van der Waals surface area contributed by atoms with Crippen molar-refractivity contribution in [2.45, 2.75) is 13.8 Å². The summed E-state index contributed by atoms with van der Waals surface area (Å²) in [5, 5.41) is 8.03. The van der Waals surface area contributed by atoms with Crippen molar-refractivity contribution in [1.29, 1.82) is 0 Å². The fourth-order valence-electron chi connectivity index (χ4n) is 4.39. The summed E-state index contributed by atoms with van der Waals surface area (Å²) in [4.78, 5) is 31.6. The molecule has 2 aromatic heterocycles. The monoisotopic (exact) mass is 506 g/mol. The summed E-state index contributed by atoms with van der Waals surface area (Å²) in [5.74, 6) is -0.00364. The Balaban J connectivity index is 1.64. The second kappa shape index (κ2) is 10.6. The molecule has 0 aliphatic heterocycles. The molecule has 5 rings (SSSR count). The highest BCUT2D eigenvalue weighted by Gasteiger charge is 2.25. The van der Waals surface area contributed by atoms with E-state index in [2.05, 4.69) is 10.4 Å². The smallest absolute Gasteiger partial charge is 0.343 e. The fourth-order valence-corrected chi connectivity index (χ4v) is 4.39. The summed E-state index contributed by atoms with van der Waals surface area (Å²) in [6, 6.07) is 24.3. The zero-order valence-electron chi connectivity index (χ0n) is 21.3. The third-order valence-electron chi connectivity index (χ3n) is 6.22. The van der Waals surface area contributed by atoms with Crippen LogP contribution < -0.4 is 10.1 Å². The Morgan fingerprint density at radius 2 is 1.66 bits per heavy atom. The highest BCUT2D eigenvalue weighted by atomic mass is 16.5. The minimum atomic E-state index is -0.569. The van der Waals surface area contributed by atoms with Gasteiger partial charge in [0, 0.05) is 10.9 Å². The number of rotatable bonds is 7. The summed E-state index contributed by atoms with van der Waals surface area (Å²) in [6.45, 7) is 3.79. The molecule has 0 atom stereocenters. The zero-order valence-corrected chi connectivity index (χ0v) is 21.3. The molecule has 0 saturated carbocycles. The molecule has 5 aromatic rings. The van der Waals surface area contributed by atoms with E-state index < -0.39 is 5.97 Å². The van der Waals surface area contributed by atoms with Gasteiger partial charge in [-0.1, -0.05) is 36.4 Å². The van der Waals surface area contributed by atoms with Gasteiger partial charge in [0.25, 0.3) is 5.91 Å². The third-order valence-corrected chi connectivity index (χ3v) is 6.22. The van der Waals surface area contributed by atoms with Gasteiger partial charge < -0.3 is 14.8 Å². The number of nitrogens with zero attached hydrogens (tertiary/aromatic N) is 3. The van der Waals surface area contributed by atoms with Crippen LogP contribution in [0.3, 0.4) is 0 Å². The number of pyridine rings is 1. The number of fused-ring (bicyclic) bond motifs is 1. The van der Waals surface area contributed by atoms with Crippen LogP contribution in [0.5, 0.6) is 5.75 Å². The van der Waals surface area contributed by atoms with Crippen molar-refractivity contribution in [3.63, 3.8) is 0 Å². The van der Waals surface area contributed by atoms with Crippen molar-refractivity contribution < 1.29 is 19.1 Å². The molecular weight excluding hydrogens is 480 g/mol. The maximum Gasteiger partial charge on any atom is 0.343 e. The van der Waals surface area contributed by atoms with Crippen LogP contribution in [0.2, 0.25) is 0 Å². The van der Waals surface area contributed by atoms with Gasteiger partial charge in [-0.05, 0) is 61.9 Å². The van der Waals surface area contributed by atoms with E-state index in [-0.39, 0.29) is 23.9 Å². The van der Waals surface area contributed by atoms with E-state index in [9.17, 15) is 9.59 Å². The molecule has 1 N–H and O–H groups in total. The quantitative estimate of drug-likeness (QED) is 0.279. The number of esters is 1. The molecule has 0 radical (unpaired) electrons. The lowest BCUT2D eigenvalue weighted by molar-refractivity contribution is 0.0527. The van der Waals surface area contributed by atoms with Gasteiger partial charge >= 0.3 is 5.97 Å². The summed E-state index contributed by atoms with van der Waals surface area (Å²) >= 11 is 0. The Kier molecular flexibility index (Phi) is 6.86. The number of carbonyl (C=O) groups is 2. The molecule has 0 bridgehead atoms. The standard InChI is InChI=1S/C30H26N4O4/c1-4-38-30(36)24-18-31-34(21-10-6-5-7-11-21)28(24)33-29(35)26-19(2)27(20-14-16-22(37-3)17-15-20)32-25-13-9-8-12-23(25)26/h5-18H,4H2,1-3H3,(H,33,35). The van der Waals surface area contributed by atoms with E-state index in [4.69, 9.17) is 14.5 Å². The predicted molar refractivity (Wildman–Crippen MR) is 146 cm³/mol. The first-order valence-electron chi connectivity index (χ1n) is 12.2. The Labute approximate surface area is 219 Å². The van der Waals surface area contributed by atoms with Crippen molar-refractivity contribution in [3.8, 4) is 22.7 Å². The van der Waals surface area contributed by atoms with Crippen molar-refractivity contribution in [1.82, 2.24) is 14.8 Å². The number of benzene rings is 3. The van der Waals surface area contributed by atoms with Crippen LogP contribution in [-0.4, -0.2) is 40.4 Å². The first kappa shape index (κ1) is 24.7. The van der Waals surface area contributed by atoms with Crippen LogP contribution in [0.1, 0.15) is 33.2 Å². The number of carbonyl (C=O) groups excluding carboxylic acids is 2. The number of anilines is 1. The van der Waals surface area contributed by atoms with Crippen molar-refractivity contribution in [2.24, 2.45) is 0 Å². The minimum absolute atomic E-state index is 0.162. The molecule has 0 aliphatic carbocycles. The van der Waals surface area contributed by atoms with Gasteiger partial charge in [0.05, 0.1) is 42.4 Å². The molecule has 0 unspecified atom stereocenters. The molecule has 0 spiro atoms. The molecule has 0 fully saturated rings. The van der Waals surface area contributed by atoms with Gasteiger partial charge in [-0.3, -0.25) is 4.79 Å². The number of amides is 1. The van der Waals surface area contributed by atoms with Gasteiger partial charge in [-0.2, -0.15) is 5.10 Å². The molecular formula is C30H26N4O4. The number of hydrogen-bond donors (Lipinski definition) is 1. The maximum absolute atomic E-state index is 14.0. The molecule has 2 heterocycles. The number of para-hydroxylation sites is 2. The van der Waals surface area contributed by atoms with E-state index in [1.165, 1.54) is 10.9 Å².